The van der Waals surface area contributed by atoms with Crippen LogP contribution in [0.1, 0.15) is 10.4 Å². The molecule has 2 aromatic heterocycles. The molecule has 3 rings (SSSR count). The van der Waals surface area contributed by atoms with Crippen molar-refractivity contribution in [1.82, 2.24) is 15.0 Å². The zero-order valence-electron chi connectivity index (χ0n) is 14.6. The fourth-order valence-electron chi connectivity index (χ4n) is 2.25. The van der Waals surface area contributed by atoms with Crippen LogP contribution in [0, 0.1) is 0 Å². The van der Waals surface area contributed by atoms with Gasteiger partial charge in [-0.3, -0.25) is 9.78 Å². The van der Waals surface area contributed by atoms with Crippen LogP contribution in [0.4, 0.5) is 23.1 Å². The molecule has 138 valence electrons. The molecular weight excluding hydrogens is 387 g/mol. The van der Waals surface area contributed by atoms with E-state index in [2.05, 4.69) is 25.6 Å². The molecule has 0 radical (unpaired) electrons. The second kappa shape index (κ2) is 8.20. The summed E-state index contributed by atoms with van der Waals surface area (Å²) in [6, 6.07) is 8.23. The Balaban J connectivity index is 1.78. The van der Waals surface area contributed by atoms with Gasteiger partial charge in [0.05, 0.1) is 28.0 Å². The first-order chi connectivity index (χ1) is 12.9. The Kier molecular flexibility index (Phi) is 5.73. The standard InChI is InChI=1S/C18H16Cl2N6O/c1-26(2)16-10-21-9-15(25-16)24-14-8-11(6-7-22-14)23-18(27)17-12(19)4-3-5-13(17)20/h3-10H,1-2H3,(H2,22,23,24,25,27). The SMILES string of the molecule is CN(C)c1cncc(Nc2cc(NC(=O)c3c(Cl)cccc3Cl)ccn2)n1. The van der Waals surface area contributed by atoms with Gasteiger partial charge in [0.15, 0.2) is 5.82 Å². The molecule has 27 heavy (non-hydrogen) atoms. The molecule has 0 aliphatic carbocycles. The quantitative estimate of drug-likeness (QED) is 0.663. The molecule has 0 aliphatic heterocycles. The van der Waals surface area contributed by atoms with Crippen LogP contribution in [0.25, 0.3) is 0 Å². The van der Waals surface area contributed by atoms with Crippen molar-refractivity contribution >= 4 is 52.3 Å². The summed E-state index contributed by atoms with van der Waals surface area (Å²) in [6.07, 6.45) is 4.81. The smallest absolute Gasteiger partial charge is 0.258 e. The van der Waals surface area contributed by atoms with Gasteiger partial charge in [-0.2, -0.15) is 0 Å². The first-order valence-electron chi connectivity index (χ1n) is 7.92. The third-order valence-electron chi connectivity index (χ3n) is 3.54. The van der Waals surface area contributed by atoms with Crippen LogP contribution in [-0.4, -0.2) is 35.0 Å². The molecule has 2 heterocycles. The van der Waals surface area contributed by atoms with Crippen molar-refractivity contribution in [1.29, 1.82) is 0 Å². The highest BCUT2D eigenvalue weighted by molar-refractivity contribution is 6.40. The average Bonchev–Trinajstić information content (AvgIpc) is 2.62. The number of carbonyl (C=O) groups is 1. The van der Waals surface area contributed by atoms with Crippen molar-refractivity contribution in [3.05, 3.63) is 64.5 Å². The predicted molar refractivity (Wildman–Crippen MR) is 108 cm³/mol. The molecule has 0 saturated carbocycles. The third-order valence-corrected chi connectivity index (χ3v) is 4.17. The number of nitrogens with zero attached hydrogens (tertiary/aromatic N) is 4. The number of hydrogen-bond donors (Lipinski definition) is 2. The number of nitrogens with one attached hydrogen (secondary N) is 2. The van der Waals surface area contributed by atoms with E-state index in [9.17, 15) is 4.79 Å². The molecule has 1 amide bonds. The Morgan fingerprint density at radius 2 is 1.81 bits per heavy atom. The number of amides is 1. The first-order valence-corrected chi connectivity index (χ1v) is 8.67. The lowest BCUT2D eigenvalue weighted by atomic mass is 10.2. The summed E-state index contributed by atoms with van der Waals surface area (Å²) in [5.74, 6) is 1.34. The summed E-state index contributed by atoms with van der Waals surface area (Å²) < 4.78 is 0. The van der Waals surface area contributed by atoms with Crippen molar-refractivity contribution in [3.63, 3.8) is 0 Å². The normalized spacial score (nSPS) is 10.4. The molecule has 0 bridgehead atoms. The van der Waals surface area contributed by atoms with E-state index >= 15 is 0 Å². The summed E-state index contributed by atoms with van der Waals surface area (Å²) in [5.41, 5.74) is 0.752. The Bertz CT molecular complexity index is 959. The minimum Gasteiger partial charge on any atom is -0.361 e. The lowest BCUT2D eigenvalue weighted by Gasteiger charge is -2.13. The van der Waals surface area contributed by atoms with Gasteiger partial charge in [0.1, 0.15) is 11.6 Å². The van der Waals surface area contributed by atoms with Crippen molar-refractivity contribution in [2.24, 2.45) is 0 Å². The van der Waals surface area contributed by atoms with Gasteiger partial charge in [0, 0.05) is 32.0 Å². The zero-order valence-corrected chi connectivity index (χ0v) is 16.1. The van der Waals surface area contributed by atoms with E-state index < -0.39 is 5.91 Å². The Labute approximate surface area is 166 Å². The van der Waals surface area contributed by atoms with Crippen molar-refractivity contribution in [3.8, 4) is 0 Å². The van der Waals surface area contributed by atoms with E-state index in [1.807, 2.05) is 19.0 Å². The van der Waals surface area contributed by atoms with Crippen LogP contribution < -0.4 is 15.5 Å². The summed E-state index contributed by atoms with van der Waals surface area (Å²) in [7, 11) is 3.75. The van der Waals surface area contributed by atoms with Gasteiger partial charge >= 0.3 is 0 Å². The van der Waals surface area contributed by atoms with Gasteiger partial charge in [-0.1, -0.05) is 29.3 Å². The fraction of sp³-hybridized carbons (Fsp3) is 0.111. The Morgan fingerprint density at radius 3 is 2.52 bits per heavy atom. The fourth-order valence-corrected chi connectivity index (χ4v) is 2.82. The highest BCUT2D eigenvalue weighted by Crippen LogP contribution is 2.26. The van der Waals surface area contributed by atoms with Gasteiger partial charge in [0.2, 0.25) is 0 Å². The molecule has 0 aliphatic rings. The molecule has 0 saturated heterocycles. The number of carbonyl (C=O) groups excluding carboxylic acids is 1. The molecule has 1 aromatic carbocycles. The number of aromatic nitrogens is 3. The summed E-state index contributed by atoms with van der Waals surface area (Å²) >= 11 is 12.2. The lowest BCUT2D eigenvalue weighted by Crippen LogP contribution is -2.13. The molecule has 7 nitrogen and oxygen atoms in total. The average molecular weight is 403 g/mol. The first kappa shape index (κ1) is 18.9. The molecule has 3 aromatic rings. The third kappa shape index (κ3) is 4.64. The predicted octanol–water partition coefficient (Wildman–Crippen LogP) is 4.24. The molecule has 9 heteroatoms. The summed E-state index contributed by atoms with van der Waals surface area (Å²) in [4.78, 5) is 27.1. The lowest BCUT2D eigenvalue weighted by molar-refractivity contribution is 0.102. The van der Waals surface area contributed by atoms with Crippen LogP contribution in [0.5, 0.6) is 0 Å². The van der Waals surface area contributed by atoms with E-state index in [-0.39, 0.29) is 15.6 Å². The van der Waals surface area contributed by atoms with E-state index in [0.717, 1.165) is 0 Å². The molecule has 2 N–H and O–H groups in total. The minimum atomic E-state index is -0.405. The van der Waals surface area contributed by atoms with Gasteiger partial charge in [-0.25, -0.2) is 9.97 Å². The highest BCUT2D eigenvalue weighted by Gasteiger charge is 2.15. The number of pyridine rings is 1. The number of halogens is 2. The molecule has 0 fully saturated rings. The van der Waals surface area contributed by atoms with Crippen molar-refractivity contribution in [2.75, 3.05) is 29.6 Å². The Hall–Kier alpha value is -2.90. The van der Waals surface area contributed by atoms with E-state index in [1.54, 1.807) is 48.9 Å². The van der Waals surface area contributed by atoms with Crippen LogP contribution in [0.2, 0.25) is 10.0 Å². The number of benzene rings is 1. The summed E-state index contributed by atoms with van der Waals surface area (Å²) in [5, 5.41) is 6.39. The van der Waals surface area contributed by atoms with Crippen LogP contribution in [0.3, 0.4) is 0 Å². The van der Waals surface area contributed by atoms with Crippen LogP contribution >= 0.6 is 23.2 Å². The molecule has 0 atom stereocenters. The van der Waals surface area contributed by atoms with E-state index in [1.165, 1.54) is 0 Å². The zero-order chi connectivity index (χ0) is 19.4. The largest absolute Gasteiger partial charge is 0.361 e. The van der Waals surface area contributed by atoms with E-state index in [4.69, 9.17) is 23.2 Å². The minimum absolute atomic E-state index is 0.219. The van der Waals surface area contributed by atoms with Crippen molar-refractivity contribution < 1.29 is 4.79 Å². The van der Waals surface area contributed by atoms with Crippen molar-refractivity contribution in [2.45, 2.75) is 0 Å². The van der Waals surface area contributed by atoms with E-state index in [0.29, 0.717) is 23.1 Å². The van der Waals surface area contributed by atoms with Gasteiger partial charge in [-0.15, -0.1) is 0 Å². The Morgan fingerprint density at radius 1 is 1.07 bits per heavy atom. The topological polar surface area (TPSA) is 83.0 Å². The maximum Gasteiger partial charge on any atom is 0.258 e. The van der Waals surface area contributed by atoms with Gasteiger partial charge in [-0.05, 0) is 18.2 Å². The van der Waals surface area contributed by atoms with Crippen LogP contribution in [-0.2, 0) is 0 Å². The molecular formula is C18H16Cl2N6O. The monoisotopic (exact) mass is 402 g/mol. The van der Waals surface area contributed by atoms with Gasteiger partial charge < -0.3 is 15.5 Å². The molecule has 0 unspecified atom stereocenters. The van der Waals surface area contributed by atoms with Crippen LogP contribution in [0.15, 0.2) is 48.9 Å². The second-order valence-corrected chi connectivity index (χ2v) is 6.58. The summed E-state index contributed by atoms with van der Waals surface area (Å²) in [6.45, 7) is 0. The number of rotatable bonds is 5. The number of hydrogen-bond acceptors (Lipinski definition) is 6. The number of anilines is 4. The second-order valence-electron chi connectivity index (χ2n) is 5.76. The molecule has 0 spiro atoms. The maximum atomic E-state index is 12.5. The maximum absolute atomic E-state index is 12.5. The van der Waals surface area contributed by atoms with Gasteiger partial charge in [0.25, 0.3) is 5.91 Å². The highest BCUT2D eigenvalue weighted by atomic mass is 35.5.